The van der Waals surface area contributed by atoms with Gasteiger partial charge in [0, 0.05) is 31.9 Å². The first kappa shape index (κ1) is 11.7. The number of piperazine rings is 1. The zero-order chi connectivity index (χ0) is 12.4. The van der Waals surface area contributed by atoms with Crippen LogP contribution in [0.25, 0.3) is 0 Å². The quantitative estimate of drug-likeness (QED) is 0.713. The number of hydrogen-bond donors (Lipinski definition) is 2. The van der Waals surface area contributed by atoms with Crippen LogP contribution in [0.15, 0.2) is 18.2 Å². The van der Waals surface area contributed by atoms with Gasteiger partial charge in [-0.05, 0) is 19.2 Å². The van der Waals surface area contributed by atoms with Crippen LogP contribution in [-0.2, 0) is 0 Å². The van der Waals surface area contributed by atoms with Crippen molar-refractivity contribution in [3.05, 3.63) is 23.8 Å². The number of hydrogen-bond acceptors (Lipinski definition) is 4. The summed E-state index contributed by atoms with van der Waals surface area (Å²) in [6.07, 6.45) is 0. The van der Waals surface area contributed by atoms with E-state index >= 15 is 0 Å². The fourth-order valence-electron chi connectivity index (χ4n) is 2.14. The Morgan fingerprint density at radius 2 is 1.88 bits per heavy atom. The van der Waals surface area contributed by atoms with E-state index in [1.165, 1.54) is 0 Å². The molecule has 0 atom stereocenters. The first-order valence-corrected chi connectivity index (χ1v) is 5.71. The van der Waals surface area contributed by atoms with Crippen LogP contribution in [-0.4, -0.2) is 44.0 Å². The van der Waals surface area contributed by atoms with Crippen LogP contribution >= 0.6 is 0 Å². The van der Waals surface area contributed by atoms with Crippen molar-refractivity contribution in [3.8, 4) is 0 Å². The van der Waals surface area contributed by atoms with E-state index in [0.29, 0.717) is 11.3 Å². The first-order chi connectivity index (χ1) is 8.09. The zero-order valence-corrected chi connectivity index (χ0v) is 10.0. The van der Waals surface area contributed by atoms with E-state index in [0.717, 1.165) is 31.9 Å². The Bertz CT molecular complexity index is 425. The number of carbonyl (C=O) groups is 1. The van der Waals surface area contributed by atoms with Gasteiger partial charge in [0.1, 0.15) is 0 Å². The molecule has 0 saturated carbocycles. The molecule has 4 N–H and O–H groups in total. The Morgan fingerprint density at radius 3 is 2.47 bits per heavy atom. The highest BCUT2D eigenvalue weighted by molar-refractivity contribution is 6.03. The molecule has 1 aliphatic rings. The number of rotatable bonds is 2. The van der Waals surface area contributed by atoms with Gasteiger partial charge in [-0.15, -0.1) is 0 Å². The third-order valence-electron chi connectivity index (χ3n) is 3.17. The number of amides is 1. The van der Waals surface area contributed by atoms with Crippen molar-refractivity contribution in [2.45, 2.75) is 0 Å². The molecule has 0 bridgehead atoms. The standard InChI is InChI=1S/C12H18N4O/c1-15-5-7-16(8-6-15)10-4-2-3-9(13)11(10)12(14)17/h2-4H,5-8,13H2,1H3,(H2,14,17). The van der Waals surface area contributed by atoms with Gasteiger partial charge in [-0.25, -0.2) is 0 Å². The summed E-state index contributed by atoms with van der Waals surface area (Å²) in [7, 11) is 2.09. The van der Waals surface area contributed by atoms with Gasteiger partial charge in [-0.2, -0.15) is 0 Å². The molecule has 1 saturated heterocycles. The monoisotopic (exact) mass is 234 g/mol. The number of primary amides is 1. The van der Waals surface area contributed by atoms with E-state index in [4.69, 9.17) is 11.5 Å². The number of nitrogens with two attached hydrogens (primary N) is 2. The molecule has 1 amide bonds. The van der Waals surface area contributed by atoms with Crippen molar-refractivity contribution in [1.82, 2.24) is 4.90 Å². The summed E-state index contributed by atoms with van der Waals surface area (Å²) < 4.78 is 0. The number of benzene rings is 1. The van der Waals surface area contributed by atoms with Gasteiger partial charge < -0.3 is 21.3 Å². The summed E-state index contributed by atoms with van der Waals surface area (Å²) in [6.45, 7) is 3.74. The highest BCUT2D eigenvalue weighted by Gasteiger charge is 2.20. The highest BCUT2D eigenvalue weighted by Crippen LogP contribution is 2.26. The summed E-state index contributed by atoms with van der Waals surface area (Å²) in [6, 6.07) is 5.47. The number of likely N-dealkylation sites (N-methyl/N-ethyl adjacent to an activating group) is 1. The molecule has 1 aliphatic heterocycles. The van der Waals surface area contributed by atoms with E-state index < -0.39 is 5.91 Å². The first-order valence-electron chi connectivity index (χ1n) is 5.71. The molecule has 0 radical (unpaired) electrons. The van der Waals surface area contributed by atoms with Gasteiger partial charge in [0.2, 0.25) is 0 Å². The largest absolute Gasteiger partial charge is 0.398 e. The van der Waals surface area contributed by atoms with E-state index in [9.17, 15) is 4.79 Å². The van der Waals surface area contributed by atoms with Gasteiger partial charge in [-0.3, -0.25) is 4.79 Å². The van der Waals surface area contributed by atoms with Crippen molar-refractivity contribution in [2.75, 3.05) is 43.9 Å². The predicted octanol–water partition coefficient (Wildman–Crippen LogP) is 0.120. The van der Waals surface area contributed by atoms with Crippen molar-refractivity contribution in [3.63, 3.8) is 0 Å². The van der Waals surface area contributed by atoms with Crippen LogP contribution < -0.4 is 16.4 Å². The Balaban J connectivity index is 2.32. The Morgan fingerprint density at radius 1 is 1.24 bits per heavy atom. The zero-order valence-electron chi connectivity index (χ0n) is 10.0. The van der Waals surface area contributed by atoms with E-state index in [-0.39, 0.29) is 0 Å². The van der Waals surface area contributed by atoms with E-state index in [1.54, 1.807) is 6.07 Å². The fourth-order valence-corrected chi connectivity index (χ4v) is 2.14. The topological polar surface area (TPSA) is 75.6 Å². The van der Waals surface area contributed by atoms with Crippen LogP contribution in [0.5, 0.6) is 0 Å². The average Bonchev–Trinajstić information content (AvgIpc) is 2.29. The van der Waals surface area contributed by atoms with E-state index in [1.807, 2.05) is 12.1 Å². The second-order valence-electron chi connectivity index (χ2n) is 4.40. The molecule has 1 fully saturated rings. The van der Waals surface area contributed by atoms with Crippen LogP contribution in [0.2, 0.25) is 0 Å². The Kier molecular flexibility index (Phi) is 3.19. The van der Waals surface area contributed by atoms with Crippen molar-refractivity contribution < 1.29 is 4.79 Å². The molecule has 92 valence electrons. The lowest BCUT2D eigenvalue weighted by Crippen LogP contribution is -2.45. The molecule has 1 aromatic carbocycles. The summed E-state index contributed by atoms with van der Waals surface area (Å²) in [5, 5.41) is 0. The summed E-state index contributed by atoms with van der Waals surface area (Å²) >= 11 is 0. The maximum Gasteiger partial charge on any atom is 0.252 e. The lowest BCUT2D eigenvalue weighted by Gasteiger charge is -2.35. The fraction of sp³-hybridized carbons (Fsp3) is 0.417. The molecule has 0 aromatic heterocycles. The summed E-state index contributed by atoms with van der Waals surface area (Å²) in [5.41, 5.74) is 13.0. The summed E-state index contributed by atoms with van der Waals surface area (Å²) in [4.78, 5) is 15.9. The molecule has 0 spiro atoms. The second kappa shape index (κ2) is 4.63. The molecule has 17 heavy (non-hydrogen) atoms. The smallest absolute Gasteiger partial charge is 0.252 e. The van der Waals surface area contributed by atoms with Gasteiger partial charge in [0.25, 0.3) is 5.91 Å². The molecule has 0 unspecified atom stereocenters. The molecule has 5 heteroatoms. The Hall–Kier alpha value is -1.75. The second-order valence-corrected chi connectivity index (χ2v) is 4.40. The molecular formula is C12H18N4O. The molecular weight excluding hydrogens is 216 g/mol. The SMILES string of the molecule is CN1CCN(c2cccc(N)c2C(N)=O)CC1. The van der Waals surface area contributed by atoms with Crippen molar-refractivity contribution in [2.24, 2.45) is 5.73 Å². The summed E-state index contributed by atoms with van der Waals surface area (Å²) in [5.74, 6) is -0.461. The molecule has 2 rings (SSSR count). The number of nitrogen functional groups attached to an aromatic ring is 1. The maximum atomic E-state index is 11.5. The number of anilines is 2. The Labute approximate surface area is 101 Å². The third-order valence-corrected chi connectivity index (χ3v) is 3.17. The van der Waals surface area contributed by atoms with Crippen LogP contribution in [0.3, 0.4) is 0 Å². The number of nitrogens with zero attached hydrogens (tertiary/aromatic N) is 2. The van der Waals surface area contributed by atoms with Crippen LogP contribution in [0.4, 0.5) is 11.4 Å². The lowest BCUT2D eigenvalue weighted by atomic mass is 10.1. The third kappa shape index (κ3) is 2.34. The minimum atomic E-state index is -0.461. The molecule has 0 aliphatic carbocycles. The van der Waals surface area contributed by atoms with Crippen molar-refractivity contribution in [1.29, 1.82) is 0 Å². The van der Waals surface area contributed by atoms with Gasteiger partial charge in [0.15, 0.2) is 0 Å². The average molecular weight is 234 g/mol. The van der Waals surface area contributed by atoms with Crippen molar-refractivity contribution >= 4 is 17.3 Å². The van der Waals surface area contributed by atoms with Crippen LogP contribution in [0.1, 0.15) is 10.4 Å². The minimum absolute atomic E-state index is 0.442. The number of carbonyl (C=O) groups excluding carboxylic acids is 1. The highest BCUT2D eigenvalue weighted by atomic mass is 16.1. The normalized spacial score (nSPS) is 17.1. The van der Waals surface area contributed by atoms with Gasteiger partial charge in [0.05, 0.1) is 11.3 Å². The van der Waals surface area contributed by atoms with Gasteiger partial charge in [-0.1, -0.05) is 6.07 Å². The van der Waals surface area contributed by atoms with Gasteiger partial charge >= 0.3 is 0 Å². The molecule has 1 aromatic rings. The maximum absolute atomic E-state index is 11.5. The molecule has 5 nitrogen and oxygen atoms in total. The predicted molar refractivity (Wildman–Crippen MR) is 69.1 cm³/mol. The molecule has 1 heterocycles. The van der Waals surface area contributed by atoms with E-state index in [2.05, 4.69) is 16.8 Å². The van der Waals surface area contributed by atoms with Crippen LogP contribution in [0, 0.1) is 0 Å². The minimum Gasteiger partial charge on any atom is -0.398 e. The lowest BCUT2D eigenvalue weighted by molar-refractivity contribution is 0.100.